The van der Waals surface area contributed by atoms with E-state index in [1.165, 1.54) is 22.7 Å². The molecule has 0 aliphatic heterocycles. The van der Waals surface area contributed by atoms with Crippen LogP contribution >= 0.6 is 22.7 Å². The first-order valence-corrected chi connectivity index (χ1v) is 9.71. The number of nitrogens with one attached hydrogen (secondary N) is 2. The quantitative estimate of drug-likeness (QED) is 0.713. The third-order valence-corrected chi connectivity index (χ3v) is 4.97. The number of amides is 2. The molecule has 134 valence electrons. The normalized spacial score (nSPS) is 11.9. The van der Waals surface area contributed by atoms with Crippen LogP contribution in [-0.4, -0.2) is 21.8 Å². The Bertz CT molecular complexity index is 747. The van der Waals surface area contributed by atoms with Crippen LogP contribution in [0.25, 0.3) is 0 Å². The minimum atomic E-state index is -0.296. The minimum Gasteiger partial charge on any atom is -0.346 e. The van der Waals surface area contributed by atoms with E-state index in [9.17, 15) is 9.59 Å². The third kappa shape index (κ3) is 5.75. The van der Waals surface area contributed by atoms with Crippen LogP contribution in [0.5, 0.6) is 0 Å². The molecule has 0 saturated heterocycles. The van der Waals surface area contributed by atoms with Crippen LogP contribution in [0.3, 0.4) is 0 Å². The molecule has 0 bridgehead atoms. The first-order chi connectivity index (χ1) is 11.9. The van der Waals surface area contributed by atoms with Crippen molar-refractivity contribution in [3.05, 3.63) is 39.3 Å². The predicted molar refractivity (Wildman–Crippen MR) is 102 cm³/mol. The van der Waals surface area contributed by atoms with E-state index in [4.69, 9.17) is 0 Å². The van der Waals surface area contributed by atoms with Gasteiger partial charge in [-0.3, -0.25) is 14.9 Å². The fraction of sp³-hybridized carbons (Fsp3) is 0.412. The molecule has 2 aromatic rings. The molecule has 0 fully saturated rings. The van der Waals surface area contributed by atoms with Crippen molar-refractivity contribution >= 4 is 39.6 Å². The van der Waals surface area contributed by atoms with Gasteiger partial charge in [-0.15, -0.1) is 22.7 Å². The zero-order chi connectivity index (χ0) is 18.4. The number of carbonyl (C=O) groups excluding carboxylic acids is 2. The second-order valence-electron chi connectivity index (χ2n) is 6.14. The number of thiazole rings is 2. The van der Waals surface area contributed by atoms with Gasteiger partial charge in [-0.25, -0.2) is 9.97 Å². The highest BCUT2D eigenvalue weighted by Gasteiger charge is 2.23. The number of nitrogens with zero attached hydrogens (tertiary/aromatic N) is 2. The topological polar surface area (TPSA) is 84.0 Å². The summed E-state index contributed by atoms with van der Waals surface area (Å²) >= 11 is 2.72. The molecule has 2 amide bonds. The van der Waals surface area contributed by atoms with Crippen LogP contribution in [0, 0.1) is 5.92 Å². The van der Waals surface area contributed by atoms with Gasteiger partial charge in [0.2, 0.25) is 5.91 Å². The number of carbonyl (C=O) groups is 2. The van der Waals surface area contributed by atoms with Crippen LogP contribution in [0.15, 0.2) is 28.6 Å². The van der Waals surface area contributed by atoms with Crippen molar-refractivity contribution < 1.29 is 9.59 Å². The number of hydrogen-bond acceptors (Lipinski definition) is 6. The van der Waals surface area contributed by atoms with E-state index in [1.807, 2.05) is 33.8 Å². The standard InChI is InChI=1S/C17H22N4O2S2/c1-10(2)5-6-13(22)20-14(11(3)4)16-19-12(9-25-16)15(23)21-17-18-7-8-24-17/h5,7-9,11,14H,6H2,1-4H3,(H,20,22)(H,18,21,23). The fourth-order valence-corrected chi connectivity index (χ4v) is 3.57. The summed E-state index contributed by atoms with van der Waals surface area (Å²) in [5.41, 5.74) is 1.44. The Morgan fingerprint density at radius 3 is 2.64 bits per heavy atom. The van der Waals surface area contributed by atoms with Gasteiger partial charge in [0, 0.05) is 23.4 Å². The maximum atomic E-state index is 12.2. The first kappa shape index (κ1) is 19.3. The van der Waals surface area contributed by atoms with E-state index >= 15 is 0 Å². The zero-order valence-electron chi connectivity index (χ0n) is 14.7. The first-order valence-electron chi connectivity index (χ1n) is 7.95. The molecule has 0 aliphatic carbocycles. The molecule has 0 spiro atoms. The molecule has 2 N–H and O–H groups in total. The summed E-state index contributed by atoms with van der Waals surface area (Å²) in [6, 6.07) is -0.218. The molecule has 1 atom stereocenters. The largest absolute Gasteiger partial charge is 0.346 e. The second-order valence-corrected chi connectivity index (χ2v) is 7.92. The average molecular weight is 379 g/mol. The van der Waals surface area contributed by atoms with E-state index < -0.39 is 0 Å². The van der Waals surface area contributed by atoms with Gasteiger partial charge in [0.15, 0.2) is 5.13 Å². The van der Waals surface area contributed by atoms with Crippen molar-refractivity contribution in [3.63, 3.8) is 0 Å². The van der Waals surface area contributed by atoms with Gasteiger partial charge < -0.3 is 5.32 Å². The molecule has 2 aromatic heterocycles. The van der Waals surface area contributed by atoms with Crippen molar-refractivity contribution in [1.29, 1.82) is 0 Å². The zero-order valence-corrected chi connectivity index (χ0v) is 16.3. The highest BCUT2D eigenvalue weighted by molar-refractivity contribution is 7.13. The van der Waals surface area contributed by atoms with Gasteiger partial charge in [-0.1, -0.05) is 25.5 Å². The smallest absolute Gasteiger partial charge is 0.276 e. The maximum absolute atomic E-state index is 12.2. The molecule has 6 nitrogen and oxygen atoms in total. The second kappa shape index (κ2) is 8.87. The van der Waals surface area contributed by atoms with Gasteiger partial charge in [0.05, 0.1) is 6.04 Å². The summed E-state index contributed by atoms with van der Waals surface area (Å²) in [6.45, 7) is 7.95. The Hall–Kier alpha value is -2.06. The molecule has 2 rings (SSSR count). The number of aromatic nitrogens is 2. The molecule has 0 saturated carbocycles. The molecule has 0 aromatic carbocycles. The Morgan fingerprint density at radius 1 is 1.28 bits per heavy atom. The summed E-state index contributed by atoms with van der Waals surface area (Å²) in [6.07, 6.45) is 3.86. The van der Waals surface area contributed by atoms with Crippen molar-refractivity contribution in [3.8, 4) is 0 Å². The average Bonchev–Trinajstić information content (AvgIpc) is 3.21. The lowest BCUT2D eigenvalue weighted by Crippen LogP contribution is -2.31. The molecule has 2 heterocycles. The summed E-state index contributed by atoms with van der Waals surface area (Å²) < 4.78 is 0. The molecular weight excluding hydrogens is 356 g/mol. The van der Waals surface area contributed by atoms with Gasteiger partial charge in [0.1, 0.15) is 10.7 Å². The van der Waals surface area contributed by atoms with E-state index in [1.54, 1.807) is 17.0 Å². The monoisotopic (exact) mass is 378 g/mol. The third-order valence-electron chi connectivity index (χ3n) is 3.35. The molecule has 0 radical (unpaired) electrons. The summed E-state index contributed by atoms with van der Waals surface area (Å²) in [5, 5.41) is 10.5. The molecule has 0 aliphatic rings. The lowest BCUT2D eigenvalue weighted by molar-refractivity contribution is -0.121. The molecule has 1 unspecified atom stereocenters. The predicted octanol–water partition coefficient (Wildman–Crippen LogP) is 4.02. The Morgan fingerprint density at radius 2 is 2.04 bits per heavy atom. The van der Waals surface area contributed by atoms with Crippen LogP contribution in [0.4, 0.5) is 5.13 Å². The summed E-state index contributed by atoms with van der Waals surface area (Å²) in [7, 11) is 0. The Kier molecular flexibility index (Phi) is 6.83. The lowest BCUT2D eigenvalue weighted by atomic mass is 10.0. The minimum absolute atomic E-state index is 0.0520. The SMILES string of the molecule is CC(C)=CCC(=O)NC(c1nc(C(=O)Nc2nccs2)cs1)C(C)C. The van der Waals surface area contributed by atoms with Crippen LogP contribution in [0.2, 0.25) is 0 Å². The molecular formula is C17H22N4O2S2. The van der Waals surface area contributed by atoms with E-state index in [-0.39, 0.29) is 23.8 Å². The van der Waals surface area contributed by atoms with Gasteiger partial charge >= 0.3 is 0 Å². The van der Waals surface area contributed by atoms with E-state index in [0.717, 1.165) is 10.6 Å². The van der Waals surface area contributed by atoms with Gasteiger partial charge in [0.25, 0.3) is 5.91 Å². The van der Waals surface area contributed by atoms with Crippen molar-refractivity contribution in [2.24, 2.45) is 5.92 Å². The summed E-state index contributed by atoms with van der Waals surface area (Å²) in [4.78, 5) is 32.8. The highest BCUT2D eigenvalue weighted by atomic mass is 32.1. The van der Waals surface area contributed by atoms with E-state index in [0.29, 0.717) is 17.2 Å². The van der Waals surface area contributed by atoms with Crippen LogP contribution in [0.1, 0.15) is 55.7 Å². The highest BCUT2D eigenvalue weighted by Crippen LogP contribution is 2.25. The Labute approximate surface area is 155 Å². The van der Waals surface area contributed by atoms with Gasteiger partial charge in [-0.2, -0.15) is 0 Å². The van der Waals surface area contributed by atoms with Crippen molar-refractivity contribution in [1.82, 2.24) is 15.3 Å². The number of anilines is 1. The van der Waals surface area contributed by atoms with Crippen LogP contribution in [-0.2, 0) is 4.79 Å². The molecule has 25 heavy (non-hydrogen) atoms. The Balaban J connectivity index is 2.06. The van der Waals surface area contributed by atoms with Gasteiger partial charge in [-0.05, 0) is 19.8 Å². The number of allylic oxidation sites excluding steroid dienone is 1. The van der Waals surface area contributed by atoms with Crippen molar-refractivity contribution in [2.75, 3.05) is 5.32 Å². The number of rotatable bonds is 7. The number of hydrogen-bond donors (Lipinski definition) is 2. The lowest BCUT2D eigenvalue weighted by Gasteiger charge is -2.19. The van der Waals surface area contributed by atoms with E-state index in [2.05, 4.69) is 20.6 Å². The van der Waals surface area contributed by atoms with Crippen molar-refractivity contribution in [2.45, 2.75) is 40.2 Å². The fourth-order valence-electron chi connectivity index (χ4n) is 2.02. The molecule has 8 heteroatoms. The maximum Gasteiger partial charge on any atom is 0.276 e. The summed E-state index contributed by atoms with van der Waals surface area (Å²) in [5.74, 6) is -0.184. The van der Waals surface area contributed by atoms with Crippen LogP contribution < -0.4 is 10.6 Å².